The molecule has 1 fully saturated rings. The fourth-order valence-electron chi connectivity index (χ4n) is 1.00. The van der Waals surface area contributed by atoms with Crippen molar-refractivity contribution in [2.24, 2.45) is 0 Å². The van der Waals surface area contributed by atoms with E-state index < -0.39 is 11.9 Å². The molecule has 0 aromatic heterocycles. The molecule has 3 nitrogen and oxygen atoms in total. The monoisotopic (exact) mass is 224 g/mol. The number of alkyl halides is 1. The Morgan fingerprint density at radius 2 is 2.36 bits per heavy atom. The van der Waals surface area contributed by atoms with Crippen LogP contribution in [0.1, 0.15) is 13.8 Å². The van der Waals surface area contributed by atoms with Crippen molar-refractivity contribution < 1.29 is 14.6 Å². The van der Waals surface area contributed by atoms with E-state index in [0.29, 0.717) is 11.9 Å². The van der Waals surface area contributed by atoms with E-state index in [1.807, 2.05) is 13.8 Å². The van der Waals surface area contributed by atoms with E-state index in [4.69, 9.17) is 9.47 Å². The number of aliphatic hydroxyl groups excluding tert-OH is 1. The average molecular weight is 225 g/mol. The van der Waals surface area contributed by atoms with Gasteiger partial charge in [-0.15, -0.1) is 0 Å². The normalized spacial score (nSPS) is 32.2. The van der Waals surface area contributed by atoms with Crippen molar-refractivity contribution in [1.29, 1.82) is 0 Å². The number of ether oxygens (including phenoxy) is 2. The van der Waals surface area contributed by atoms with Crippen molar-refractivity contribution >= 4 is 15.9 Å². The van der Waals surface area contributed by atoms with Gasteiger partial charge in [-0.2, -0.15) is 0 Å². The maximum absolute atomic E-state index is 9.34. The molecule has 0 aromatic carbocycles. The van der Waals surface area contributed by atoms with Gasteiger partial charge in [0.15, 0.2) is 5.79 Å². The molecule has 0 aromatic rings. The van der Waals surface area contributed by atoms with Crippen LogP contribution in [0.5, 0.6) is 0 Å². The maximum atomic E-state index is 9.34. The second kappa shape index (κ2) is 3.39. The number of aliphatic hydroxyl groups is 1. The van der Waals surface area contributed by atoms with Crippen molar-refractivity contribution in [2.75, 3.05) is 11.9 Å². The molecular weight excluding hydrogens is 212 g/mol. The molecule has 1 rings (SSSR count). The molecule has 1 aliphatic heterocycles. The van der Waals surface area contributed by atoms with E-state index in [-0.39, 0.29) is 6.10 Å². The highest BCUT2D eigenvalue weighted by molar-refractivity contribution is 9.09. The molecule has 0 spiro atoms. The van der Waals surface area contributed by atoms with Crippen LogP contribution >= 0.6 is 15.9 Å². The molecule has 66 valence electrons. The summed E-state index contributed by atoms with van der Waals surface area (Å²) in [5.41, 5.74) is 0. The molecule has 0 bridgehead atoms. The van der Waals surface area contributed by atoms with E-state index in [9.17, 15) is 5.11 Å². The van der Waals surface area contributed by atoms with Crippen LogP contribution in [-0.2, 0) is 9.47 Å². The molecule has 11 heavy (non-hydrogen) atoms. The van der Waals surface area contributed by atoms with Gasteiger partial charge in [-0.1, -0.05) is 15.9 Å². The Bertz CT molecular complexity index is 138. The lowest BCUT2D eigenvalue weighted by Crippen LogP contribution is -2.31. The minimum Gasteiger partial charge on any atom is -0.389 e. The summed E-state index contributed by atoms with van der Waals surface area (Å²) in [6.07, 6.45) is -0.666. The van der Waals surface area contributed by atoms with Crippen molar-refractivity contribution in [3.63, 3.8) is 0 Å². The number of halogens is 1. The summed E-state index contributed by atoms with van der Waals surface area (Å²) in [4.78, 5) is 0. The minimum atomic E-state index is -0.534. The second-order valence-corrected chi connectivity index (χ2v) is 3.74. The van der Waals surface area contributed by atoms with Gasteiger partial charge < -0.3 is 14.6 Å². The molecule has 0 aliphatic carbocycles. The van der Waals surface area contributed by atoms with Gasteiger partial charge in [-0.3, -0.25) is 0 Å². The van der Waals surface area contributed by atoms with Crippen LogP contribution in [0.25, 0.3) is 0 Å². The first-order valence-electron chi connectivity index (χ1n) is 3.61. The lowest BCUT2D eigenvalue weighted by molar-refractivity contribution is -0.149. The first-order valence-corrected chi connectivity index (χ1v) is 4.73. The highest BCUT2D eigenvalue weighted by Gasteiger charge is 2.36. The van der Waals surface area contributed by atoms with Gasteiger partial charge >= 0.3 is 0 Å². The predicted octanol–water partition coefficient (Wildman–Crippen LogP) is 0.894. The fraction of sp³-hybridized carbons (Fsp3) is 1.00. The van der Waals surface area contributed by atoms with Crippen LogP contribution < -0.4 is 0 Å². The molecule has 0 amide bonds. The molecule has 1 aliphatic rings. The molecule has 1 N–H and O–H groups in total. The Labute approximate surface area is 74.8 Å². The summed E-state index contributed by atoms with van der Waals surface area (Å²) < 4.78 is 10.7. The lowest BCUT2D eigenvalue weighted by atomic mass is 10.2. The Hall–Kier alpha value is 0.360. The van der Waals surface area contributed by atoms with Gasteiger partial charge in [0.2, 0.25) is 0 Å². The van der Waals surface area contributed by atoms with Crippen LogP contribution in [0.2, 0.25) is 0 Å². The first kappa shape index (κ1) is 9.45. The topological polar surface area (TPSA) is 38.7 Å². The average Bonchev–Trinajstić information content (AvgIpc) is 2.29. The van der Waals surface area contributed by atoms with E-state index in [1.165, 1.54) is 0 Å². The third kappa shape index (κ3) is 2.40. The van der Waals surface area contributed by atoms with E-state index >= 15 is 0 Å². The third-order valence-corrected chi connectivity index (χ3v) is 2.28. The predicted molar refractivity (Wildman–Crippen MR) is 44.7 cm³/mol. The van der Waals surface area contributed by atoms with Crippen molar-refractivity contribution in [1.82, 2.24) is 0 Å². The Morgan fingerprint density at radius 3 is 2.73 bits per heavy atom. The molecule has 1 heterocycles. The Balaban J connectivity index is 2.41. The molecule has 4 heteroatoms. The zero-order valence-corrected chi connectivity index (χ0v) is 8.30. The van der Waals surface area contributed by atoms with Gasteiger partial charge in [-0.25, -0.2) is 0 Å². The standard InChI is InChI=1S/C7H13BrO3/c1-7(2)10-4-6(11-7)5(9)3-8/h5-6,9H,3-4H2,1-2H3. The van der Waals surface area contributed by atoms with E-state index in [0.717, 1.165) is 0 Å². The quantitative estimate of drug-likeness (QED) is 0.709. The number of rotatable bonds is 2. The van der Waals surface area contributed by atoms with Crippen LogP contribution in [0.4, 0.5) is 0 Å². The van der Waals surface area contributed by atoms with Crippen LogP contribution in [0, 0.1) is 0 Å². The van der Waals surface area contributed by atoms with Crippen molar-refractivity contribution in [2.45, 2.75) is 31.8 Å². The Kier molecular flexibility index (Phi) is 2.91. The lowest BCUT2D eigenvalue weighted by Gasteiger charge is -2.18. The summed E-state index contributed by atoms with van der Waals surface area (Å²) in [5, 5.41) is 9.86. The summed E-state index contributed by atoms with van der Waals surface area (Å²) in [6.45, 7) is 4.15. The van der Waals surface area contributed by atoms with Crippen LogP contribution in [0.15, 0.2) is 0 Å². The summed E-state index contributed by atoms with van der Waals surface area (Å²) in [6, 6.07) is 0. The number of hydrogen-bond acceptors (Lipinski definition) is 3. The first-order chi connectivity index (χ1) is 5.05. The summed E-state index contributed by atoms with van der Waals surface area (Å²) >= 11 is 3.18. The fourth-order valence-corrected chi connectivity index (χ4v) is 1.42. The second-order valence-electron chi connectivity index (χ2n) is 3.09. The van der Waals surface area contributed by atoms with Crippen molar-refractivity contribution in [3.05, 3.63) is 0 Å². The molecule has 1 saturated heterocycles. The molecule has 0 saturated carbocycles. The smallest absolute Gasteiger partial charge is 0.163 e. The van der Waals surface area contributed by atoms with Crippen LogP contribution in [-0.4, -0.2) is 35.0 Å². The van der Waals surface area contributed by atoms with Gasteiger partial charge in [0, 0.05) is 5.33 Å². The molecule has 0 radical (unpaired) electrons. The van der Waals surface area contributed by atoms with Crippen molar-refractivity contribution in [3.8, 4) is 0 Å². The highest BCUT2D eigenvalue weighted by Crippen LogP contribution is 2.24. The largest absolute Gasteiger partial charge is 0.389 e. The zero-order chi connectivity index (χ0) is 8.48. The SMILES string of the molecule is CC1(C)OCC(C(O)CBr)O1. The minimum absolute atomic E-state index is 0.190. The molecule has 2 atom stereocenters. The van der Waals surface area contributed by atoms with E-state index in [1.54, 1.807) is 0 Å². The van der Waals surface area contributed by atoms with Gasteiger partial charge in [0.25, 0.3) is 0 Å². The van der Waals surface area contributed by atoms with Gasteiger partial charge in [0.05, 0.1) is 12.7 Å². The summed E-state index contributed by atoms with van der Waals surface area (Å²) in [5.74, 6) is -0.534. The van der Waals surface area contributed by atoms with Crippen LogP contribution in [0.3, 0.4) is 0 Å². The van der Waals surface area contributed by atoms with Gasteiger partial charge in [0.1, 0.15) is 6.10 Å². The van der Waals surface area contributed by atoms with Gasteiger partial charge in [-0.05, 0) is 13.8 Å². The zero-order valence-electron chi connectivity index (χ0n) is 6.71. The Morgan fingerprint density at radius 1 is 1.73 bits per heavy atom. The third-order valence-electron chi connectivity index (χ3n) is 1.62. The summed E-state index contributed by atoms with van der Waals surface area (Å²) in [7, 11) is 0. The molecular formula is C7H13BrO3. The molecule has 2 unspecified atom stereocenters. The maximum Gasteiger partial charge on any atom is 0.163 e. The number of hydrogen-bond donors (Lipinski definition) is 1. The highest BCUT2D eigenvalue weighted by atomic mass is 79.9. The van der Waals surface area contributed by atoms with E-state index in [2.05, 4.69) is 15.9 Å².